The van der Waals surface area contributed by atoms with Gasteiger partial charge in [-0.1, -0.05) is 66.2 Å². The molecule has 0 heterocycles. The van der Waals surface area contributed by atoms with E-state index in [1.165, 1.54) is 6.08 Å². The van der Waals surface area contributed by atoms with Gasteiger partial charge in [-0.25, -0.2) is 0 Å². The Morgan fingerprint density at radius 2 is 1.60 bits per heavy atom. The number of hydrogen-bond acceptors (Lipinski definition) is 4. The molecule has 0 spiro atoms. The molecule has 0 fully saturated rings. The molecule has 0 aliphatic heterocycles. The van der Waals surface area contributed by atoms with E-state index in [9.17, 15) is 14.9 Å². The second-order valence-electron chi connectivity index (χ2n) is 7.92. The highest BCUT2D eigenvalue weighted by atomic mass is 16.5. The number of anilines is 2. The van der Waals surface area contributed by atoms with Gasteiger partial charge in [0.2, 0.25) is 0 Å². The molecule has 0 aliphatic carbocycles. The zero-order valence-electron chi connectivity index (χ0n) is 19.1. The van der Waals surface area contributed by atoms with E-state index in [0.29, 0.717) is 22.7 Å². The quantitative estimate of drug-likeness (QED) is 0.272. The van der Waals surface area contributed by atoms with Crippen LogP contribution in [0.3, 0.4) is 0 Å². The molecule has 0 unspecified atom stereocenters. The molecular weight excluding hydrogens is 438 g/mol. The Labute approximate surface area is 203 Å². The van der Waals surface area contributed by atoms with Gasteiger partial charge < -0.3 is 15.4 Å². The number of hydrogen-bond donors (Lipinski definition) is 2. The molecule has 0 aliphatic rings. The van der Waals surface area contributed by atoms with E-state index in [2.05, 4.69) is 10.6 Å². The SMILES string of the molecule is Cc1ccc(NC(=O)COc2ccc(/C=C(\C#N)C(=O)Nc3cccc4ccccc34)cc2)cc1. The molecule has 172 valence electrons. The lowest BCUT2D eigenvalue weighted by atomic mass is 10.1. The maximum absolute atomic E-state index is 12.7. The molecule has 0 aromatic heterocycles. The van der Waals surface area contributed by atoms with E-state index in [1.54, 1.807) is 30.3 Å². The zero-order valence-corrected chi connectivity index (χ0v) is 19.1. The summed E-state index contributed by atoms with van der Waals surface area (Å²) < 4.78 is 5.54. The van der Waals surface area contributed by atoms with Crippen LogP contribution in [0.5, 0.6) is 5.75 Å². The number of nitriles is 1. The van der Waals surface area contributed by atoms with Gasteiger partial charge in [0.25, 0.3) is 11.8 Å². The number of amides is 2. The lowest BCUT2D eigenvalue weighted by molar-refractivity contribution is -0.118. The number of rotatable bonds is 7. The fourth-order valence-corrected chi connectivity index (χ4v) is 3.48. The highest BCUT2D eigenvalue weighted by Gasteiger charge is 2.11. The van der Waals surface area contributed by atoms with Gasteiger partial charge in [-0.2, -0.15) is 5.26 Å². The first kappa shape index (κ1) is 23.3. The number of ether oxygens (including phenoxy) is 1. The second kappa shape index (κ2) is 10.8. The molecule has 35 heavy (non-hydrogen) atoms. The lowest BCUT2D eigenvalue weighted by Crippen LogP contribution is -2.20. The minimum absolute atomic E-state index is 0.0240. The van der Waals surface area contributed by atoms with Crippen LogP contribution in [0.25, 0.3) is 16.8 Å². The van der Waals surface area contributed by atoms with Crippen LogP contribution in [0, 0.1) is 18.3 Å². The minimum atomic E-state index is -0.489. The fourth-order valence-electron chi connectivity index (χ4n) is 3.48. The van der Waals surface area contributed by atoms with Gasteiger partial charge in [0.05, 0.1) is 0 Å². The minimum Gasteiger partial charge on any atom is -0.484 e. The molecule has 0 saturated carbocycles. The normalized spacial score (nSPS) is 10.9. The first-order valence-corrected chi connectivity index (χ1v) is 11.0. The number of nitrogens with one attached hydrogen (secondary N) is 2. The predicted molar refractivity (Wildman–Crippen MR) is 138 cm³/mol. The van der Waals surface area contributed by atoms with E-state index >= 15 is 0 Å². The standard InChI is InChI=1S/C29H23N3O3/c1-20-9-13-24(14-10-20)31-28(33)19-35-25-15-11-21(12-16-25)17-23(18-30)29(34)32-27-8-4-6-22-5-2-3-7-26(22)27/h2-17H,19H2,1H3,(H,31,33)(H,32,34)/b23-17+. The van der Waals surface area contributed by atoms with Crippen LogP contribution in [0.15, 0.2) is 96.6 Å². The molecule has 6 heteroatoms. The summed E-state index contributed by atoms with van der Waals surface area (Å²) in [4.78, 5) is 24.8. The molecule has 4 aromatic rings. The maximum atomic E-state index is 12.7. The average Bonchev–Trinajstić information content (AvgIpc) is 2.88. The third-order valence-electron chi connectivity index (χ3n) is 5.30. The summed E-state index contributed by atoms with van der Waals surface area (Å²) in [5.41, 5.74) is 3.09. The summed E-state index contributed by atoms with van der Waals surface area (Å²) >= 11 is 0. The number of carbonyl (C=O) groups excluding carboxylic acids is 2. The van der Waals surface area contributed by atoms with Crippen molar-refractivity contribution < 1.29 is 14.3 Å². The summed E-state index contributed by atoms with van der Waals surface area (Å²) in [5, 5.41) is 17.0. The molecule has 0 atom stereocenters. The van der Waals surface area contributed by atoms with Crippen molar-refractivity contribution in [2.24, 2.45) is 0 Å². The molecule has 6 nitrogen and oxygen atoms in total. The van der Waals surface area contributed by atoms with Crippen molar-refractivity contribution in [2.45, 2.75) is 6.92 Å². The molecule has 2 amide bonds. The van der Waals surface area contributed by atoms with E-state index < -0.39 is 5.91 Å². The van der Waals surface area contributed by atoms with Crippen molar-refractivity contribution in [2.75, 3.05) is 17.2 Å². The van der Waals surface area contributed by atoms with E-state index in [4.69, 9.17) is 4.74 Å². The largest absolute Gasteiger partial charge is 0.484 e. The van der Waals surface area contributed by atoms with E-state index in [1.807, 2.05) is 73.7 Å². The lowest BCUT2D eigenvalue weighted by Gasteiger charge is -2.09. The van der Waals surface area contributed by atoms with Gasteiger partial charge in [-0.15, -0.1) is 0 Å². The average molecular weight is 462 g/mol. The van der Waals surface area contributed by atoms with Gasteiger partial charge in [0.15, 0.2) is 6.61 Å². The number of fused-ring (bicyclic) bond motifs is 1. The summed E-state index contributed by atoms with van der Waals surface area (Å²) in [6, 6.07) is 29.6. The number of nitrogens with zero attached hydrogens (tertiary/aromatic N) is 1. The summed E-state index contributed by atoms with van der Waals surface area (Å²) in [6.45, 7) is 1.84. The van der Waals surface area contributed by atoms with E-state index in [0.717, 1.165) is 16.3 Å². The zero-order chi connectivity index (χ0) is 24.6. The summed E-state index contributed by atoms with van der Waals surface area (Å²) in [6.07, 6.45) is 1.51. The Kier molecular flexibility index (Phi) is 7.19. The summed E-state index contributed by atoms with van der Waals surface area (Å²) in [5.74, 6) is -0.258. The van der Waals surface area contributed by atoms with Crippen LogP contribution in [0.2, 0.25) is 0 Å². The number of carbonyl (C=O) groups is 2. The molecule has 2 N–H and O–H groups in total. The molecule has 0 saturated heterocycles. The molecule has 0 bridgehead atoms. The van der Waals surface area contributed by atoms with Crippen molar-refractivity contribution in [3.8, 4) is 11.8 Å². The number of benzene rings is 4. The number of aryl methyl sites for hydroxylation is 1. The van der Waals surface area contributed by atoms with Crippen LogP contribution in [-0.2, 0) is 9.59 Å². The summed E-state index contributed by atoms with van der Waals surface area (Å²) in [7, 11) is 0. The van der Waals surface area contributed by atoms with Crippen molar-refractivity contribution in [1.29, 1.82) is 5.26 Å². The Morgan fingerprint density at radius 1 is 0.886 bits per heavy atom. The van der Waals surface area contributed by atoms with Crippen LogP contribution >= 0.6 is 0 Å². The van der Waals surface area contributed by atoms with Crippen LogP contribution in [0.4, 0.5) is 11.4 Å². The Balaban J connectivity index is 1.37. The maximum Gasteiger partial charge on any atom is 0.266 e. The van der Waals surface area contributed by atoms with Gasteiger partial charge in [0, 0.05) is 16.8 Å². The van der Waals surface area contributed by atoms with Gasteiger partial charge in [0.1, 0.15) is 17.4 Å². The van der Waals surface area contributed by atoms with Crippen molar-refractivity contribution >= 4 is 40.0 Å². The monoisotopic (exact) mass is 461 g/mol. The van der Waals surface area contributed by atoms with Crippen molar-refractivity contribution in [1.82, 2.24) is 0 Å². The Morgan fingerprint density at radius 3 is 2.34 bits per heavy atom. The molecule has 4 rings (SSSR count). The predicted octanol–water partition coefficient (Wildman–Crippen LogP) is 5.71. The van der Waals surface area contributed by atoms with Crippen LogP contribution in [0.1, 0.15) is 11.1 Å². The molecular formula is C29H23N3O3. The smallest absolute Gasteiger partial charge is 0.266 e. The molecule has 4 aromatic carbocycles. The van der Waals surface area contributed by atoms with E-state index in [-0.39, 0.29) is 18.1 Å². The van der Waals surface area contributed by atoms with Crippen molar-refractivity contribution in [3.63, 3.8) is 0 Å². The van der Waals surface area contributed by atoms with Crippen LogP contribution in [-0.4, -0.2) is 18.4 Å². The fraction of sp³-hybridized carbons (Fsp3) is 0.0690. The Hall–Kier alpha value is -4.89. The topological polar surface area (TPSA) is 91.2 Å². The van der Waals surface area contributed by atoms with Gasteiger partial charge in [-0.05, 0) is 54.3 Å². The third-order valence-corrected chi connectivity index (χ3v) is 5.30. The first-order chi connectivity index (χ1) is 17.0. The van der Waals surface area contributed by atoms with Gasteiger partial charge >= 0.3 is 0 Å². The Bertz CT molecular complexity index is 1430. The molecule has 0 radical (unpaired) electrons. The first-order valence-electron chi connectivity index (χ1n) is 11.0. The second-order valence-corrected chi connectivity index (χ2v) is 7.92. The third kappa shape index (κ3) is 6.12. The highest BCUT2D eigenvalue weighted by molar-refractivity contribution is 6.12. The van der Waals surface area contributed by atoms with Crippen molar-refractivity contribution in [3.05, 3.63) is 108 Å². The van der Waals surface area contributed by atoms with Crippen LogP contribution < -0.4 is 15.4 Å². The van der Waals surface area contributed by atoms with Gasteiger partial charge in [-0.3, -0.25) is 9.59 Å². The highest BCUT2D eigenvalue weighted by Crippen LogP contribution is 2.24.